The van der Waals surface area contributed by atoms with E-state index in [1.165, 1.54) is 6.08 Å². The molecule has 4 saturated carbocycles. The summed E-state index contributed by atoms with van der Waals surface area (Å²) in [6.45, 7) is 3.05. The second-order valence-electron chi connectivity index (χ2n) is 16.2. The van der Waals surface area contributed by atoms with E-state index in [4.69, 9.17) is 23.7 Å². The lowest BCUT2D eigenvalue weighted by molar-refractivity contribution is -0.360. The minimum Gasteiger partial charge on any atom is -0.458 e. The fourth-order valence-electron chi connectivity index (χ4n) is 11.3. The van der Waals surface area contributed by atoms with Gasteiger partial charge in [-0.05, 0) is 75.2 Å². The predicted molar refractivity (Wildman–Crippen MR) is 167 cm³/mol. The van der Waals surface area contributed by atoms with Gasteiger partial charge in [-0.1, -0.05) is 6.92 Å². The Morgan fingerprint density at radius 3 is 2.30 bits per heavy atom. The summed E-state index contributed by atoms with van der Waals surface area (Å²) in [6, 6.07) is 0. The number of fused-ring (bicyclic) bond motifs is 5. The molecule has 0 unspecified atom stereocenters. The quantitative estimate of drug-likeness (QED) is 0.0845. The van der Waals surface area contributed by atoms with Crippen molar-refractivity contribution in [2.45, 2.75) is 144 Å². The molecule has 15 heteroatoms. The Bertz CT molecular complexity index is 1330. The van der Waals surface area contributed by atoms with E-state index in [1.54, 1.807) is 6.92 Å². The molecule has 6 fully saturated rings. The molecule has 0 spiro atoms. The molecule has 8 N–H and O–H groups in total. The van der Waals surface area contributed by atoms with Crippen LogP contribution in [0.2, 0.25) is 0 Å². The molecule has 0 bridgehead atoms. The average Bonchev–Trinajstić information content (AvgIpc) is 3.60. The van der Waals surface area contributed by atoms with Gasteiger partial charge in [0.2, 0.25) is 0 Å². The van der Waals surface area contributed by atoms with Crippen molar-refractivity contribution < 1.29 is 74.1 Å². The summed E-state index contributed by atoms with van der Waals surface area (Å²) in [5.74, 6) is -1.20. The highest BCUT2D eigenvalue weighted by Gasteiger charge is 2.71. The van der Waals surface area contributed by atoms with Gasteiger partial charge in [-0.3, -0.25) is 0 Å². The zero-order chi connectivity index (χ0) is 35.9. The van der Waals surface area contributed by atoms with Crippen molar-refractivity contribution in [1.29, 1.82) is 0 Å². The van der Waals surface area contributed by atoms with Gasteiger partial charge in [0.05, 0.1) is 30.5 Å². The third-order valence-electron chi connectivity index (χ3n) is 13.9. The number of carbonyl (C=O) groups excluding carboxylic acids is 2. The van der Waals surface area contributed by atoms with Crippen LogP contribution in [0.1, 0.15) is 65.2 Å². The highest BCUT2D eigenvalue weighted by molar-refractivity contribution is 5.85. The lowest BCUT2D eigenvalue weighted by Crippen LogP contribution is -2.64. The number of aliphatic hydroxyl groups excluding tert-OH is 7. The summed E-state index contributed by atoms with van der Waals surface area (Å²) in [6.07, 6.45) is -8.56. The first-order valence-corrected chi connectivity index (χ1v) is 18.1. The number of hydrogen-bond donors (Lipinski definition) is 8. The molecule has 0 radical (unpaired) electrons. The van der Waals surface area contributed by atoms with Gasteiger partial charge < -0.3 is 69.3 Å². The number of hydrogen-bond acceptors (Lipinski definition) is 15. The molecule has 2 saturated heterocycles. The van der Waals surface area contributed by atoms with Gasteiger partial charge in [-0.25, -0.2) is 4.79 Å². The molecule has 50 heavy (non-hydrogen) atoms. The van der Waals surface area contributed by atoms with Crippen LogP contribution in [0.25, 0.3) is 0 Å². The first kappa shape index (κ1) is 36.7. The lowest BCUT2D eigenvalue weighted by Gasteiger charge is -2.63. The second kappa shape index (κ2) is 13.4. The third-order valence-corrected chi connectivity index (χ3v) is 13.9. The molecule has 0 aromatic rings. The van der Waals surface area contributed by atoms with Crippen LogP contribution in [0, 0.1) is 34.5 Å². The normalized spacial score (nSPS) is 55.0. The van der Waals surface area contributed by atoms with Crippen LogP contribution in [-0.4, -0.2) is 146 Å². The smallest absolute Gasteiger partial charge is 0.331 e. The van der Waals surface area contributed by atoms with Crippen molar-refractivity contribution in [3.05, 3.63) is 11.6 Å². The Hall–Kier alpha value is -1.60. The monoisotopic (exact) mass is 712 g/mol. The first-order chi connectivity index (χ1) is 23.7. The molecule has 7 rings (SSSR count). The van der Waals surface area contributed by atoms with Gasteiger partial charge in [0.15, 0.2) is 12.6 Å². The molecule has 0 aromatic carbocycles. The molecule has 0 aromatic heterocycles. The zero-order valence-corrected chi connectivity index (χ0v) is 28.4. The molecule has 15 nitrogen and oxygen atoms in total. The summed E-state index contributed by atoms with van der Waals surface area (Å²) in [4.78, 5) is 25.0. The van der Waals surface area contributed by atoms with Gasteiger partial charge in [-0.2, -0.15) is 0 Å². The van der Waals surface area contributed by atoms with Crippen LogP contribution in [0.3, 0.4) is 0 Å². The van der Waals surface area contributed by atoms with E-state index in [-0.39, 0.29) is 30.8 Å². The van der Waals surface area contributed by atoms with Crippen molar-refractivity contribution in [3.8, 4) is 0 Å². The van der Waals surface area contributed by atoms with Crippen LogP contribution in [0.15, 0.2) is 11.6 Å². The van der Waals surface area contributed by atoms with Crippen LogP contribution in [0.4, 0.5) is 0 Å². The number of cyclic esters (lactones) is 1. The summed E-state index contributed by atoms with van der Waals surface area (Å²) in [5.41, 5.74) is -1.88. The fourth-order valence-corrected chi connectivity index (χ4v) is 11.3. The highest BCUT2D eigenvalue weighted by atomic mass is 16.7. The topological polar surface area (TPSA) is 242 Å². The standard InChI is InChI=1S/C35H52O15/c1-15-30(50-32-28(43)26(41)25(40)22(12-36)49-32)27(42)29(44)31(47-15)48-18-5-8-34(14-37)17(10-18)3-4-20-19(34)6-7-33(2)24(16-9-23(39)46-13-16)21(38)11-35(20,33)45/h9,14-15,17-22,24-32,36,38,40-45H,3-8,10-13H2,1-2H3/t15-,17-,18-,19+,20-,21-,22+,24+,25+,26-,27-,28-,29+,30-,31-,32-,33-,34+,35-/m0/s1. The van der Waals surface area contributed by atoms with Crippen molar-refractivity contribution in [2.24, 2.45) is 34.5 Å². The Kier molecular flexibility index (Phi) is 9.82. The van der Waals surface area contributed by atoms with E-state index in [9.17, 15) is 50.4 Å². The Morgan fingerprint density at radius 2 is 1.62 bits per heavy atom. The molecule has 4 aliphatic carbocycles. The highest BCUT2D eigenvalue weighted by Crippen LogP contribution is 2.69. The number of aldehydes is 1. The fraction of sp³-hybridized carbons (Fsp3) is 0.886. The number of esters is 1. The largest absolute Gasteiger partial charge is 0.458 e. The van der Waals surface area contributed by atoms with Crippen molar-refractivity contribution >= 4 is 12.3 Å². The van der Waals surface area contributed by atoms with E-state index in [2.05, 4.69) is 0 Å². The molecule has 3 heterocycles. The minimum atomic E-state index is -1.70. The van der Waals surface area contributed by atoms with E-state index >= 15 is 0 Å². The molecule has 7 aliphatic rings. The van der Waals surface area contributed by atoms with Crippen molar-refractivity contribution in [2.75, 3.05) is 13.2 Å². The maximum Gasteiger partial charge on any atom is 0.331 e. The summed E-state index contributed by atoms with van der Waals surface area (Å²) >= 11 is 0. The molecule has 0 amide bonds. The molecule has 19 atom stereocenters. The number of aliphatic hydroxyl groups is 8. The predicted octanol–water partition coefficient (Wildman–Crippen LogP) is -1.57. The Balaban J connectivity index is 1.01. The molecule has 3 aliphatic heterocycles. The SMILES string of the molecule is C[C@@H]1O[C@@H](O[C@H]2CC[C@@]3(C=O)[C@@H](CC[C@H]4[C@H]3CC[C@@]3(C)[C@H](C5=CC(=O)OC5)[C@@H](O)C[C@]43O)C2)[C@H](O)[C@H](O)[C@H]1O[C@@H]1O[C@H](CO)[C@@H](O)[C@H](O)[C@@H]1O. The van der Waals surface area contributed by atoms with Gasteiger partial charge in [0, 0.05) is 29.2 Å². The van der Waals surface area contributed by atoms with Crippen LogP contribution >= 0.6 is 0 Å². The maximum atomic E-state index is 13.1. The molecular formula is C35H52O15. The zero-order valence-electron chi connectivity index (χ0n) is 28.4. The van der Waals surface area contributed by atoms with Gasteiger partial charge in [0.25, 0.3) is 0 Å². The van der Waals surface area contributed by atoms with Crippen LogP contribution < -0.4 is 0 Å². The summed E-state index contributed by atoms with van der Waals surface area (Å²) in [5, 5.41) is 86.0. The van der Waals surface area contributed by atoms with E-state index in [1.807, 2.05) is 6.92 Å². The Labute approximate surface area is 290 Å². The van der Waals surface area contributed by atoms with Crippen molar-refractivity contribution in [1.82, 2.24) is 0 Å². The first-order valence-electron chi connectivity index (χ1n) is 18.1. The van der Waals surface area contributed by atoms with Crippen molar-refractivity contribution in [3.63, 3.8) is 0 Å². The van der Waals surface area contributed by atoms with Crippen LogP contribution in [-0.2, 0) is 33.3 Å². The average molecular weight is 713 g/mol. The van der Waals surface area contributed by atoms with Gasteiger partial charge in [-0.15, -0.1) is 0 Å². The van der Waals surface area contributed by atoms with Gasteiger partial charge >= 0.3 is 5.97 Å². The second-order valence-corrected chi connectivity index (χ2v) is 16.2. The number of carbonyl (C=O) groups is 2. The molecule has 282 valence electrons. The van der Waals surface area contributed by atoms with E-state index in [0.717, 1.165) is 6.29 Å². The maximum absolute atomic E-state index is 13.1. The molecular weight excluding hydrogens is 660 g/mol. The third kappa shape index (κ3) is 5.54. The van der Waals surface area contributed by atoms with Crippen LogP contribution in [0.5, 0.6) is 0 Å². The van der Waals surface area contributed by atoms with Gasteiger partial charge in [0.1, 0.15) is 55.6 Å². The lowest BCUT2D eigenvalue weighted by atomic mass is 9.43. The summed E-state index contributed by atoms with van der Waals surface area (Å²) < 4.78 is 28.5. The number of rotatable bonds is 7. The Morgan fingerprint density at radius 1 is 0.900 bits per heavy atom. The van der Waals surface area contributed by atoms with E-state index in [0.29, 0.717) is 50.5 Å². The van der Waals surface area contributed by atoms with E-state index < -0.39 is 109 Å². The minimum absolute atomic E-state index is 0.0519. The summed E-state index contributed by atoms with van der Waals surface area (Å²) in [7, 11) is 0. The number of ether oxygens (including phenoxy) is 5.